The van der Waals surface area contributed by atoms with Gasteiger partial charge in [0.1, 0.15) is 17.4 Å². The minimum Gasteiger partial charge on any atom is -0.497 e. The van der Waals surface area contributed by atoms with E-state index < -0.39 is 17.9 Å². The van der Waals surface area contributed by atoms with Crippen LogP contribution in [-0.2, 0) is 11.2 Å². The van der Waals surface area contributed by atoms with E-state index in [4.69, 9.17) is 9.15 Å². The second-order valence-corrected chi connectivity index (χ2v) is 7.15. The molecule has 0 radical (unpaired) electrons. The van der Waals surface area contributed by atoms with Crippen molar-refractivity contribution in [3.05, 3.63) is 90.2 Å². The number of carboxylic acids is 1. The van der Waals surface area contributed by atoms with Crippen molar-refractivity contribution in [2.24, 2.45) is 0 Å². The summed E-state index contributed by atoms with van der Waals surface area (Å²) in [4.78, 5) is 24.4. The third kappa shape index (κ3) is 4.59. The second kappa shape index (κ2) is 8.75. The van der Waals surface area contributed by atoms with Crippen LogP contribution in [0.25, 0.3) is 22.1 Å². The van der Waals surface area contributed by atoms with Gasteiger partial charge < -0.3 is 19.6 Å². The lowest BCUT2D eigenvalue weighted by molar-refractivity contribution is -0.139. The number of nitrogens with one attached hydrogen (secondary N) is 1. The van der Waals surface area contributed by atoms with Crippen molar-refractivity contribution in [1.29, 1.82) is 0 Å². The average Bonchev–Trinajstić information content (AvgIpc) is 3.23. The number of carboxylic acid groups (broad SMARTS) is 1. The topological polar surface area (TPSA) is 88.8 Å². The predicted octanol–water partition coefficient (Wildman–Crippen LogP) is 4.53. The lowest BCUT2D eigenvalue weighted by Crippen LogP contribution is -2.42. The van der Waals surface area contributed by atoms with Gasteiger partial charge in [0.2, 0.25) is 0 Å². The number of carbonyl (C=O) groups is 2. The molecule has 31 heavy (non-hydrogen) atoms. The SMILES string of the molecule is COc1ccc2oc(C(=O)NC(Cc3ccc(-c4ccccc4)cc3)C(=O)O)cc2c1. The third-order valence-electron chi connectivity index (χ3n) is 5.05. The van der Waals surface area contributed by atoms with Gasteiger partial charge in [0.05, 0.1) is 7.11 Å². The van der Waals surface area contributed by atoms with Gasteiger partial charge in [-0.25, -0.2) is 4.79 Å². The summed E-state index contributed by atoms with van der Waals surface area (Å²) in [6.45, 7) is 0. The predicted molar refractivity (Wildman–Crippen MR) is 117 cm³/mol. The number of fused-ring (bicyclic) bond motifs is 1. The van der Waals surface area contributed by atoms with Crippen LogP contribution in [0, 0.1) is 0 Å². The smallest absolute Gasteiger partial charge is 0.326 e. The van der Waals surface area contributed by atoms with Gasteiger partial charge >= 0.3 is 5.97 Å². The molecule has 156 valence electrons. The van der Waals surface area contributed by atoms with Crippen LogP contribution in [0.2, 0.25) is 0 Å². The van der Waals surface area contributed by atoms with Crippen molar-refractivity contribution < 1.29 is 23.8 Å². The normalized spacial score (nSPS) is 11.8. The maximum Gasteiger partial charge on any atom is 0.326 e. The zero-order chi connectivity index (χ0) is 21.8. The first-order valence-electron chi connectivity index (χ1n) is 9.79. The van der Waals surface area contributed by atoms with Gasteiger partial charge in [-0.3, -0.25) is 4.79 Å². The molecule has 0 aliphatic carbocycles. The monoisotopic (exact) mass is 415 g/mol. The van der Waals surface area contributed by atoms with E-state index in [2.05, 4.69) is 5.32 Å². The summed E-state index contributed by atoms with van der Waals surface area (Å²) in [5.41, 5.74) is 3.45. The van der Waals surface area contributed by atoms with E-state index in [9.17, 15) is 14.7 Å². The summed E-state index contributed by atoms with van der Waals surface area (Å²) in [5, 5.41) is 12.9. The van der Waals surface area contributed by atoms with Crippen molar-refractivity contribution in [1.82, 2.24) is 5.32 Å². The van der Waals surface area contributed by atoms with Crippen molar-refractivity contribution >= 4 is 22.8 Å². The molecule has 0 saturated carbocycles. The van der Waals surface area contributed by atoms with Crippen LogP contribution in [-0.4, -0.2) is 30.1 Å². The fourth-order valence-electron chi connectivity index (χ4n) is 3.39. The number of furan rings is 1. The van der Waals surface area contributed by atoms with Crippen LogP contribution in [0.15, 0.2) is 83.3 Å². The molecule has 1 amide bonds. The Morgan fingerprint density at radius 3 is 2.35 bits per heavy atom. The Morgan fingerprint density at radius 1 is 0.968 bits per heavy atom. The molecule has 6 nitrogen and oxygen atoms in total. The molecule has 1 atom stereocenters. The Labute approximate surface area is 179 Å². The van der Waals surface area contributed by atoms with Gasteiger partial charge in [-0.15, -0.1) is 0 Å². The molecule has 2 N–H and O–H groups in total. The molecule has 1 unspecified atom stereocenters. The molecule has 0 saturated heterocycles. The summed E-state index contributed by atoms with van der Waals surface area (Å²) in [5.74, 6) is -1.00. The first kappa shape index (κ1) is 20.2. The zero-order valence-electron chi connectivity index (χ0n) is 16.9. The molecule has 1 aromatic heterocycles. The summed E-state index contributed by atoms with van der Waals surface area (Å²) < 4.78 is 10.7. The fraction of sp³-hybridized carbons (Fsp3) is 0.120. The highest BCUT2D eigenvalue weighted by Gasteiger charge is 2.23. The van der Waals surface area contributed by atoms with Gasteiger partial charge in [0.25, 0.3) is 5.91 Å². The van der Waals surface area contributed by atoms with Gasteiger partial charge in [-0.1, -0.05) is 54.6 Å². The van der Waals surface area contributed by atoms with E-state index in [1.807, 2.05) is 54.6 Å². The Hall–Kier alpha value is -4.06. The minimum absolute atomic E-state index is 0.0499. The Balaban J connectivity index is 1.48. The Kier molecular flexibility index (Phi) is 5.71. The van der Waals surface area contributed by atoms with Crippen LogP contribution < -0.4 is 10.1 Å². The third-order valence-corrected chi connectivity index (χ3v) is 5.05. The minimum atomic E-state index is -1.11. The van der Waals surface area contributed by atoms with Crippen LogP contribution in [0.1, 0.15) is 16.1 Å². The van der Waals surface area contributed by atoms with E-state index >= 15 is 0 Å². The van der Waals surface area contributed by atoms with E-state index in [1.165, 1.54) is 0 Å². The molecule has 4 aromatic rings. The Bertz CT molecular complexity index is 1210. The van der Waals surface area contributed by atoms with E-state index in [0.717, 1.165) is 16.7 Å². The van der Waals surface area contributed by atoms with Crippen LogP contribution >= 0.6 is 0 Å². The molecule has 1 heterocycles. The lowest BCUT2D eigenvalue weighted by Gasteiger charge is -2.14. The van der Waals surface area contributed by atoms with Gasteiger partial charge in [-0.2, -0.15) is 0 Å². The van der Waals surface area contributed by atoms with E-state index in [1.54, 1.807) is 31.4 Å². The molecule has 0 aliphatic rings. The van der Waals surface area contributed by atoms with Crippen molar-refractivity contribution in [2.75, 3.05) is 7.11 Å². The van der Waals surface area contributed by atoms with Crippen LogP contribution in [0.3, 0.4) is 0 Å². The number of methoxy groups -OCH3 is 1. The summed E-state index contributed by atoms with van der Waals surface area (Å²) in [7, 11) is 1.55. The number of aliphatic carboxylic acids is 1. The number of amides is 1. The maximum absolute atomic E-state index is 12.6. The molecule has 3 aromatic carbocycles. The molecule has 0 fully saturated rings. The standard InChI is InChI=1S/C25H21NO5/c1-30-20-11-12-22-19(14-20)15-23(31-22)24(27)26-21(25(28)29)13-16-7-9-18(10-8-16)17-5-3-2-4-6-17/h2-12,14-15,21H,13H2,1H3,(H,26,27)(H,28,29). The number of carbonyl (C=O) groups excluding carboxylic acids is 1. The molecule has 6 heteroatoms. The van der Waals surface area contributed by atoms with Gasteiger partial charge in [0.15, 0.2) is 5.76 Å². The summed E-state index contributed by atoms with van der Waals surface area (Å²) in [6, 6.07) is 23.2. The van der Waals surface area contributed by atoms with Crippen molar-refractivity contribution in [3.63, 3.8) is 0 Å². The number of ether oxygens (including phenoxy) is 1. The molecule has 4 rings (SSSR count). The molecule has 0 bridgehead atoms. The highest BCUT2D eigenvalue weighted by Crippen LogP contribution is 2.24. The van der Waals surface area contributed by atoms with Crippen LogP contribution in [0.4, 0.5) is 0 Å². The molecular formula is C25H21NO5. The Morgan fingerprint density at radius 2 is 1.68 bits per heavy atom. The summed E-state index contributed by atoms with van der Waals surface area (Å²) in [6.07, 6.45) is 0.157. The molecule has 0 spiro atoms. The number of rotatable bonds is 7. The first-order valence-corrected chi connectivity index (χ1v) is 9.79. The number of hydrogen-bond donors (Lipinski definition) is 2. The highest BCUT2D eigenvalue weighted by molar-refractivity contribution is 5.98. The summed E-state index contributed by atoms with van der Waals surface area (Å²) >= 11 is 0. The quantitative estimate of drug-likeness (QED) is 0.463. The zero-order valence-corrected chi connectivity index (χ0v) is 16.9. The van der Waals surface area contributed by atoms with Crippen molar-refractivity contribution in [3.8, 4) is 16.9 Å². The van der Waals surface area contributed by atoms with Crippen LogP contribution in [0.5, 0.6) is 5.75 Å². The largest absolute Gasteiger partial charge is 0.497 e. The number of hydrogen-bond acceptors (Lipinski definition) is 4. The second-order valence-electron chi connectivity index (χ2n) is 7.15. The number of benzene rings is 3. The first-order chi connectivity index (χ1) is 15.0. The maximum atomic E-state index is 12.6. The van der Waals surface area contributed by atoms with E-state index in [0.29, 0.717) is 16.7 Å². The van der Waals surface area contributed by atoms with Gasteiger partial charge in [0, 0.05) is 11.8 Å². The fourth-order valence-corrected chi connectivity index (χ4v) is 3.39. The van der Waals surface area contributed by atoms with E-state index in [-0.39, 0.29) is 12.2 Å². The van der Waals surface area contributed by atoms with Gasteiger partial charge in [-0.05, 0) is 41.0 Å². The lowest BCUT2D eigenvalue weighted by atomic mass is 10.0. The van der Waals surface area contributed by atoms with Crippen molar-refractivity contribution in [2.45, 2.75) is 12.5 Å². The average molecular weight is 415 g/mol. The highest BCUT2D eigenvalue weighted by atomic mass is 16.5. The molecule has 0 aliphatic heterocycles. The molecular weight excluding hydrogens is 394 g/mol.